The van der Waals surface area contributed by atoms with Crippen LogP contribution >= 0.6 is 0 Å². The van der Waals surface area contributed by atoms with Gasteiger partial charge in [0.25, 0.3) is 0 Å². The van der Waals surface area contributed by atoms with E-state index in [2.05, 4.69) is 31.3 Å². The van der Waals surface area contributed by atoms with Crippen LogP contribution in [0.4, 0.5) is 4.79 Å². The van der Waals surface area contributed by atoms with Crippen molar-refractivity contribution in [2.24, 2.45) is 5.41 Å². The molecule has 0 aliphatic carbocycles. The smallest absolute Gasteiger partial charge is 0.317 e. The van der Waals surface area contributed by atoms with E-state index in [1.54, 1.807) is 0 Å². The summed E-state index contributed by atoms with van der Waals surface area (Å²) in [5.41, 5.74) is 1.45. The fourth-order valence-electron chi connectivity index (χ4n) is 4.18. The minimum Gasteiger partial charge on any atom is -0.340 e. The molecular formula is C21H31N3O2. The first-order valence-corrected chi connectivity index (χ1v) is 9.85. The molecule has 1 aromatic rings. The van der Waals surface area contributed by atoms with Gasteiger partial charge in [0.1, 0.15) is 0 Å². The predicted octanol–water partition coefficient (Wildman–Crippen LogP) is 3.05. The second kappa shape index (κ2) is 8.11. The second-order valence-corrected chi connectivity index (χ2v) is 8.07. The van der Waals surface area contributed by atoms with Gasteiger partial charge in [0.05, 0.1) is 0 Å². The van der Waals surface area contributed by atoms with Crippen molar-refractivity contribution in [1.82, 2.24) is 15.1 Å². The van der Waals surface area contributed by atoms with Gasteiger partial charge < -0.3 is 15.1 Å². The standard InChI is InChI=1S/C21H31N3O2/c1-17(2)24-16-21(10-8-19(24)25)11-14-23(15-12-21)20(26)22-13-9-18-6-4-3-5-7-18/h3-7,17H,8-16H2,1-2H3,(H,22,26). The van der Waals surface area contributed by atoms with Crippen LogP contribution in [0.5, 0.6) is 0 Å². The van der Waals surface area contributed by atoms with E-state index in [1.807, 2.05) is 28.0 Å². The predicted molar refractivity (Wildman–Crippen MR) is 103 cm³/mol. The Hall–Kier alpha value is -2.04. The Morgan fingerprint density at radius 1 is 1.15 bits per heavy atom. The van der Waals surface area contributed by atoms with Crippen LogP contribution in [-0.2, 0) is 11.2 Å². The Bertz CT molecular complexity index is 621. The molecule has 2 heterocycles. The maximum absolute atomic E-state index is 12.4. The molecule has 2 aliphatic rings. The highest BCUT2D eigenvalue weighted by molar-refractivity contribution is 5.77. The van der Waals surface area contributed by atoms with Crippen molar-refractivity contribution >= 4 is 11.9 Å². The molecular weight excluding hydrogens is 326 g/mol. The van der Waals surface area contributed by atoms with Crippen LogP contribution in [0, 0.1) is 5.41 Å². The lowest BCUT2D eigenvalue weighted by molar-refractivity contribution is -0.141. The van der Waals surface area contributed by atoms with Gasteiger partial charge in [-0.15, -0.1) is 0 Å². The molecule has 2 saturated heterocycles. The van der Waals surface area contributed by atoms with Crippen molar-refractivity contribution in [2.75, 3.05) is 26.2 Å². The fraction of sp³-hybridized carbons (Fsp3) is 0.619. The summed E-state index contributed by atoms with van der Waals surface area (Å²) in [6, 6.07) is 10.5. The summed E-state index contributed by atoms with van der Waals surface area (Å²) >= 11 is 0. The van der Waals surface area contributed by atoms with E-state index in [-0.39, 0.29) is 23.4 Å². The summed E-state index contributed by atoms with van der Waals surface area (Å²) in [5.74, 6) is 0.284. The van der Waals surface area contributed by atoms with Gasteiger partial charge in [0, 0.05) is 38.6 Å². The van der Waals surface area contributed by atoms with Gasteiger partial charge in [-0.25, -0.2) is 4.79 Å². The number of nitrogens with one attached hydrogen (secondary N) is 1. The van der Waals surface area contributed by atoms with E-state index in [0.717, 1.165) is 45.3 Å². The van der Waals surface area contributed by atoms with E-state index in [0.29, 0.717) is 13.0 Å². The van der Waals surface area contributed by atoms with Crippen LogP contribution in [-0.4, -0.2) is 54.0 Å². The number of hydrogen-bond donors (Lipinski definition) is 1. The molecule has 1 N–H and O–H groups in total. The lowest BCUT2D eigenvalue weighted by atomic mass is 9.72. The maximum Gasteiger partial charge on any atom is 0.317 e. The monoisotopic (exact) mass is 357 g/mol. The lowest BCUT2D eigenvalue weighted by Crippen LogP contribution is -2.55. The van der Waals surface area contributed by atoms with Crippen LogP contribution in [0.15, 0.2) is 30.3 Å². The zero-order valence-electron chi connectivity index (χ0n) is 16.0. The Morgan fingerprint density at radius 2 is 1.85 bits per heavy atom. The zero-order chi connectivity index (χ0) is 18.6. The van der Waals surface area contributed by atoms with Crippen molar-refractivity contribution < 1.29 is 9.59 Å². The number of carbonyl (C=O) groups excluding carboxylic acids is 2. The second-order valence-electron chi connectivity index (χ2n) is 8.07. The molecule has 2 aliphatic heterocycles. The van der Waals surface area contributed by atoms with E-state index in [9.17, 15) is 9.59 Å². The highest BCUT2D eigenvalue weighted by atomic mass is 16.2. The van der Waals surface area contributed by atoms with E-state index in [4.69, 9.17) is 0 Å². The molecule has 0 radical (unpaired) electrons. The first-order chi connectivity index (χ1) is 12.5. The van der Waals surface area contributed by atoms with E-state index >= 15 is 0 Å². The molecule has 5 heteroatoms. The minimum atomic E-state index is 0.0448. The molecule has 0 bridgehead atoms. The SMILES string of the molecule is CC(C)N1CC2(CCC1=O)CCN(C(=O)NCCc1ccccc1)CC2. The van der Waals surface area contributed by atoms with E-state index in [1.165, 1.54) is 5.56 Å². The zero-order valence-corrected chi connectivity index (χ0v) is 16.0. The Labute approximate surface area is 156 Å². The number of amides is 3. The van der Waals surface area contributed by atoms with Crippen molar-refractivity contribution in [2.45, 2.75) is 52.0 Å². The topological polar surface area (TPSA) is 52.7 Å². The number of likely N-dealkylation sites (tertiary alicyclic amines) is 2. The number of piperidine rings is 2. The first kappa shape index (κ1) is 18.7. The summed E-state index contributed by atoms with van der Waals surface area (Å²) in [7, 11) is 0. The Balaban J connectivity index is 1.45. The third-order valence-corrected chi connectivity index (χ3v) is 5.96. The highest BCUT2D eigenvalue weighted by Crippen LogP contribution is 2.40. The number of hydrogen-bond acceptors (Lipinski definition) is 2. The molecule has 0 saturated carbocycles. The molecule has 142 valence electrons. The van der Waals surface area contributed by atoms with Gasteiger partial charge in [-0.1, -0.05) is 30.3 Å². The maximum atomic E-state index is 12.4. The average molecular weight is 357 g/mol. The summed E-state index contributed by atoms with van der Waals surface area (Å²) < 4.78 is 0. The average Bonchev–Trinajstić information content (AvgIpc) is 2.65. The molecule has 0 unspecified atom stereocenters. The van der Waals surface area contributed by atoms with Gasteiger partial charge >= 0.3 is 6.03 Å². The van der Waals surface area contributed by atoms with Gasteiger partial charge in [0.2, 0.25) is 5.91 Å². The highest BCUT2D eigenvalue weighted by Gasteiger charge is 2.42. The van der Waals surface area contributed by atoms with E-state index < -0.39 is 0 Å². The molecule has 3 amide bonds. The molecule has 1 aromatic carbocycles. The van der Waals surface area contributed by atoms with Gasteiger partial charge in [-0.3, -0.25) is 4.79 Å². The number of urea groups is 1. The Morgan fingerprint density at radius 3 is 2.50 bits per heavy atom. The van der Waals surface area contributed by atoms with Crippen molar-refractivity contribution in [1.29, 1.82) is 0 Å². The van der Waals surface area contributed by atoms with Gasteiger partial charge in [-0.2, -0.15) is 0 Å². The number of rotatable bonds is 4. The number of carbonyl (C=O) groups is 2. The third-order valence-electron chi connectivity index (χ3n) is 5.96. The van der Waals surface area contributed by atoms with Crippen LogP contribution in [0.3, 0.4) is 0 Å². The van der Waals surface area contributed by atoms with Crippen molar-refractivity contribution in [3.63, 3.8) is 0 Å². The minimum absolute atomic E-state index is 0.0448. The molecule has 1 spiro atoms. The molecule has 5 nitrogen and oxygen atoms in total. The van der Waals surface area contributed by atoms with Crippen molar-refractivity contribution in [3.8, 4) is 0 Å². The quantitative estimate of drug-likeness (QED) is 0.900. The summed E-state index contributed by atoms with van der Waals surface area (Å²) in [5, 5.41) is 3.05. The van der Waals surface area contributed by atoms with Crippen LogP contribution < -0.4 is 5.32 Å². The largest absolute Gasteiger partial charge is 0.340 e. The molecule has 2 fully saturated rings. The fourth-order valence-corrected chi connectivity index (χ4v) is 4.18. The normalized spacial score (nSPS) is 19.9. The molecule has 0 aromatic heterocycles. The summed E-state index contributed by atoms with van der Waals surface area (Å²) in [6.45, 7) is 7.28. The summed E-state index contributed by atoms with van der Waals surface area (Å²) in [4.78, 5) is 28.5. The first-order valence-electron chi connectivity index (χ1n) is 9.85. The molecule has 0 atom stereocenters. The van der Waals surface area contributed by atoms with Gasteiger partial charge in [0.15, 0.2) is 0 Å². The van der Waals surface area contributed by atoms with Crippen LogP contribution in [0.2, 0.25) is 0 Å². The lowest BCUT2D eigenvalue weighted by Gasteiger charge is -2.48. The van der Waals surface area contributed by atoms with Crippen LogP contribution in [0.25, 0.3) is 0 Å². The van der Waals surface area contributed by atoms with Crippen LogP contribution in [0.1, 0.15) is 45.1 Å². The van der Waals surface area contributed by atoms with Gasteiger partial charge in [-0.05, 0) is 50.5 Å². The Kier molecular flexibility index (Phi) is 5.84. The number of nitrogens with zero attached hydrogens (tertiary/aromatic N) is 2. The molecule has 3 rings (SSSR count). The molecule has 26 heavy (non-hydrogen) atoms. The number of benzene rings is 1. The van der Waals surface area contributed by atoms with Crippen molar-refractivity contribution in [3.05, 3.63) is 35.9 Å². The summed E-state index contributed by atoms with van der Waals surface area (Å²) in [6.07, 6.45) is 4.47. The third kappa shape index (κ3) is 4.37.